The molecule has 0 aliphatic rings. The average Bonchev–Trinajstić information content (AvgIpc) is 2.64. The van der Waals surface area contributed by atoms with E-state index in [4.69, 9.17) is 0 Å². The minimum absolute atomic E-state index is 0.276. The molecule has 0 aliphatic carbocycles. The fraction of sp³-hybridized carbons (Fsp3) is 0.143. The van der Waals surface area contributed by atoms with Crippen LogP contribution in [0.1, 0.15) is 17.9 Å². The first-order valence-corrected chi connectivity index (χ1v) is 8.29. The van der Waals surface area contributed by atoms with E-state index in [0.29, 0.717) is 11.3 Å². The molecular formula is C21H19NO4. The summed E-state index contributed by atoms with van der Waals surface area (Å²) >= 11 is 0. The van der Waals surface area contributed by atoms with Crippen LogP contribution in [0.15, 0.2) is 72.8 Å². The van der Waals surface area contributed by atoms with Gasteiger partial charge in [-0.05, 0) is 28.5 Å². The predicted octanol–water partition coefficient (Wildman–Crippen LogP) is 3.96. The highest BCUT2D eigenvalue weighted by Gasteiger charge is 2.31. The molecule has 3 N–H and O–H groups in total. The summed E-state index contributed by atoms with van der Waals surface area (Å²) in [5.41, 5.74) is 1.32. The van der Waals surface area contributed by atoms with Crippen molar-refractivity contribution in [2.75, 3.05) is 5.32 Å². The SMILES string of the molecule is O=C(O)CC(c1ccccc1)C(Nc1ccc2ccccc2c1)C(=O)O. The van der Waals surface area contributed by atoms with E-state index in [-0.39, 0.29) is 6.42 Å². The first-order valence-electron chi connectivity index (χ1n) is 8.29. The van der Waals surface area contributed by atoms with Crippen LogP contribution in [0.2, 0.25) is 0 Å². The Kier molecular flexibility index (Phi) is 5.17. The molecule has 0 radical (unpaired) electrons. The second-order valence-corrected chi connectivity index (χ2v) is 6.14. The van der Waals surface area contributed by atoms with Gasteiger partial charge in [0.1, 0.15) is 6.04 Å². The fourth-order valence-electron chi connectivity index (χ4n) is 3.11. The minimum Gasteiger partial charge on any atom is -0.481 e. The minimum atomic E-state index is -1.09. The van der Waals surface area contributed by atoms with Crippen LogP contribution in [0, 0.1) is 0 Å². The second-order valence-electron chi connectivity index (χ2n) is 6.14. The van der Waals surface area contributed by atoms with Crippen molar-refractivity contribution in [2.45, 2.75) is 18.4 Å². The van der Waals surface area contributed by atoms with Crippen LogP contribution < -0.4 is 5.32 Å². The third-order valence-corrected chi connectivity index (χ3v) is 4.36. The van der Waals surface area contributed by atoms with Gasteiger partial charge in [-0.25, -0.2) is 4.79 Å². The molecule has 3 aromatic rings. The number of fused-ring (bicyclic) bond motifs is 1. The molecule has 0 bridgehead atoms. The molecule has 5 heteroatoms. The Morgan fingerprint density at radius 3 is 2.15 bits per heavy atom. The van der Waals surface area contributed by atoms with Gasteiger partial charge in [0.25, 0.3) is 0 Å². The van der Waals surface area contributed by atoms with E-state index in [1.54, 1.807) is 30.3 Å². The van der Waals surface area contributed by atoms with Crippen molar-refractivity contribution in [3.63, 3.8) is 0 Å². The lowest BCUT2D eigenvalue weighted by Crippen LogP contribution is -2.36. The fourth-order valence-corrected chi connectivity index (χ4v) is 3.11. The molecule has 0 saturated heterocycles. The molecule has 0 amide bonds. The topological polar surface area (TPSA) is 86.6 Å². The predicted molar refractivity (Wildman–Crippen MR) is 100 cm³/mol. The maximum atomic E-state index is 11.9. The molecule has 2 atom stereocenters. The van der Waals surface area contributed by atoms with Gasteiger partial charge in [0.05, 0.1) is 6.42 Å². The van der Waals surface area contributed by atoms with Gasteiger partial charge in [0.2, 0.25) is 0 Å². The van der Waals surface area contributed by atoms with E-state index in [9.17, 15) is 19.8 Å². The molecule has 5 nitrogen and oxygen atoms in total. The average molecular weight is 349 g/mol. The Balaban J connectivity index is 1.94. The standard InChI is InChI=1S/C21H19NO4/c23-19(24)13-18(15-7-2-1-3-8-15)20(21(25)26)22-17-11-10-14-6-4-5-9-16(14)12-17/h1-12,18,20,22H,13H2,(H,23,24)(H,25,26). The highest BCUT2D eigenvalue weighted by Crippen LogP contribution is 2.28. The Bertz CT molecular complexity index is 923. The lowest BCUT2D eigenvalue weighted by Gasteiger charge is -2.25. The summed E-state index contributed by atoms with van der Waals surface area (Å²) in [5.74, 6) is -2.82. The van der Waals surface area contributed by atoms with Gasteiger partial charge in [-0.15, -0.1) is 0 Å². The number of carboxylic acids is 2. The van der Waals surface area contributed by atoms with Crippen LogP contribution in [0.5, 0.6) is 0 Å². The Labute approximate surface area is 150 Å². The third kappa shape index (κ3) is 4.00. The molecule has 0 aromatic heterocycles. The lowest BCUT2D eigenvalue weighted by molar-refractivity contribution is -0.140. The van der Waals surface area contributed by atoms with Crippen molar-refractivity contribution in [1.82, 2.24) is 0 Å². The van der Waals surface area contributed by atoms with Crippen molar-refractivity contribution in [1.29, 1.82) is 0 Å². The van der Waals surface area contributed by atoms with Gasteiger partial charge < -0.3 is 15.5 Å². The Hall–Kier alpha value is -3.34. The van der Waals surface area contributed by atoms with Crippen LogP contribution >= 0.6 is 0 Å². The highest BCUT2D eigenvalue weighted by molar-refractivity contribution is 5.87. The Morgan fingerprint density at radius 1 is 0.846 bits per heavy atom. The molecule has 26 heavy (non-hydrogen) atoms. The van der Waals surface area contributed by atoms with Gasteiger partial charge in [-0.1, -0.05) is 60.7 Å². The van der Waals surface area contributed by atoms with Crippen molar-refractivity contribution in [3.05, 3.63) is 78.4 Å². The zero-order chi connectivity index (χ0) is 18.5. The summed E-state index contributed by atoms with van der Waals surface area (Å²) in [6, 6.07) is 21.2. The first kappa shape index (κ1) is 17.5. The summed E-state index contributed by atoms with van der Waals surface area (Å²) in [6.07, 6.45) is -0.276. The number of carbonyl (C=O) groups is 2. The molecule has 0 heterocycles. The van der Waals surface area contributed by atoms with Crippen molar-refractivity contribution < 1.29 is 19.8 Å². The molecule has 2 unspecified atom stereocenters. The largest absolute Gasteiger partial charge is 0.481 e. The van der Waals surface area contributed by atoms with Gasteiger partial charge in [-0.3, -0.25) is 4.79 Å². The molecule has 3 aromatic carbocycles. The van der Waals surface area contributed by atoms with Crippen LogP contribution in [-0.2, 0) is 9.59 Å². The van der Waals surface area contributed by atoms with Crippen LogP contribution in [0.3, 0.4) is 0 Å². The summed E-state index contributed by atoms with van der Waals surface area (Å²) in [7, 11) is 0. The molecule has 3 rings (SSSR count). The number of aliphatic carboxylic acids is 2. The molecule has 132 valence electrons. The summed E-state index contributed by atoms with van der Waals surface area (Å²) in [6.45, 7) is 0. The zero-order valence-corrected chi connectivity index (χ0v) is 14.0. The van der Waals surface area contributed by atoms with Crippen LogP contribution in [0.4, 0.5) is 5.69 Å². The maximum Gasteiger partial charge on any atom is 0.326 e. The molecule has 0 saturated carbocycles. The van der Waals surface area contributed by atoms with Gasteiger partial charge >= 0.3 is 11.9 Å². The maximum absolute atomic E-state index is 11.9. The van der Waals surface area contributed by atoms with E-state index >= 15 is 0 Å². The van der Waals surface area contributed by atoms with Gasteiger partial charge in [-0.2, -0.15) is 0 Å². The smallest absolute Gasteiger partial charge is 0.326 e. The second kappa shape index (κ2) is 7.70. The highest BCUT2D eigenvalue weighted by atomic mass is 16.4. The number of rotatable bonds is 7. The first-order chi connectivity index (χ1) is 12.5. The third-order valence-electron chi connectivity index (χ3n) is 4.36. The lowest BCUT2D eigenvalue weighted by atomic mass is 9.88. The van der Waals surface area contributed by atoms with E-state index in [0.717, 1.165) is 10.8 Å². The molecule has 0 aliphatic heterocycles. The van der Waals surface area contributed by atoms with Crippen molar-refractivity contribution >= 4 is 28.4 Å². The van der Waals surface area contributed by atoms with E-state index in [2.05, 4.69) is 5.32 Å². The van der Waals surface area contributed by atoms with Crippen molar-refractivity contribution in [3.8, 4) is 0 Å². The normalized spacial score (nSPS) is 13.1. The zero-order valence-electron chi connectivity index (χ0n) is 14.0. The van der Waals surface area contributed by atoms with Crippen molar-refractivity contribution in [2.24, 2.45) is 0 Å². The molecular weight excluding hydrogens is 330 g/mol. The summed E-state index contributed by atoms with van der Waals surface area (Å²) in [5, 5.41) is 24.0. The number of anilines is 1. The number of hydrogen-bond acceptors (Lipinski definition) is 3. The molecule has 0 spiro atoms. The van der Waals surface area contributed by atoms with E-state index < -0.39 is 23.9 Å². The Morgan fingerprint density at radius 2 is 1.50 bits per heavy atom. The summed E-state index contributed by atoms with van der Waals surface area (Å²) < 4.78 is 0. The number of carboxylic acid groups (broad SMARTS) is 2. The van der Waals surface area contributed by atoms with E-state index in [1.165, 1.54) is 0 Å². The monoisotopic (exact) mass is 349 g/mol. The van der Waals surface area contributed by atoms with Crippen LogP contribution in [-0.4, -0.2) is 28.2 Å². The van der Waals surface area contributed by atoms with Crippen LogP contribution in [0.25, 0.3) is 10.8 Å². The van der Waals surface area contributed by atoms with Gasteiger partial charge in [0, 0.05) is 11.6 Å². The number of benzene rings is 3. The van der Waals surface area contributed by atoms with Gasteiger partial charge in [0.15, 0.2) is 0 Å². The quantitative estimate of drug-likeness (QED) is 0.601. The molecule has 0 fully saturated rings. The number of hydrogen-bond donors (Lipinski definition) is 3. The van der Waals surface area contributed by atoms with E-state index in [1.807, 2.05) is 42.5 Å². The summed E-state index contributed by atoms with van der Waals surface area (Å²) in [4.78, 5) is 23.2. The number of nitrogens with one attached hydrogen (secondary N) is 1.